The molecule has 1 aliphatic rings. The summed E-state index contributed by atoms with van der Waals surface area (Å²) in [4.78, 5) is 22.3. The zero-order valence-corrected chi connectivity index (χ0v) is 19.7. The van der Waals surface area contributed by atoms with E-state index in [1.807, 2.05) is 11.9 Å². The summed E-state index contributed by atoms with van der Waals surface area (Å²) in [5, 5.41) is 3.23. The number of anilines is 1. The number of hydrogen-bond acceptors (Lipinski definition) is 3. The highest BCUT2D eigenvalue weighted by molar-refractivity contribution is 14.0. The van der Waals surface area contributed by atoms with Gasteiger partial charge in [0, 0.05) is 53.0 Å². The van der Waals surface area contributed by atoms with Gasteiger partial charge in [-0.1, -0.05) is 18.2 Å². The topological polar surface area (TPSA) is 51.2 Å². The van der Waals surface area contributed by atoms with E-state index < -0.39 is 0 Å². The first-order valence-electron chi connectivity index (χ1n) is 9.65. The highest BCUT2D eigenvalue weighted by Crippen LogP contribution is 2.20. The van der Waals surface area contributed by atoms with Crippen molar-refractivity contribution in [1.29, 1.82) is 0 Å². The molecule has 1 N–H and O–H groups in total. The van der Waals surface area contributed by atoms with Crippen LogP contribution in [0.3, 0.4) is 0 Å². The molecule has 0 bridgehead atoms. The van der Waals surface area contributed by atoms with Crippen LogP contribution >= 0.6 is 24.0 Å². The van der Waals surface area contributed by atoms with Crippen LogP contribution in [0.5, 0.6) is 0 Å². The first-order chi connectivity index (χ1) is 13.0. The molecule has 1 amide bonds. The average Bonchev–Trinajstić information content (AvgIpc) is 2.69. The van der Waals surface area contributed by atoms with Crippen LogP contribution in [0.1, 0.15) is 24.8 Å². The van der Waals surface area contributed by atoms with Gasteiger partial charge in [0.05, 0.1) is 0 Å². The second-order valence-corrected chi connectivity index (χ2v) is 7.17. The lowest BCUT2D eigenvalue weighted by atomic mass is 10.1. The maximum atomic E-state index is 11.8. The van der Waals surface area contributed by atoms with Gasteiger partial charge in [-0.3, -0.25) is 4.79 Å². The Kier molecular flexibility index (Phi) is 11.0. The Morgan fingerprint density at radius 1 is 1.18 bits per heavy atom. The molecule has 0 radical (unpaired) electrons. The molecule has 2 rings (SSSR count). The highest BCUT2D eigenvalue weighted by Gasteiger charge is 2.12. The fourth-order valence-corrected chi connectivity index (χ4v) is 3.07. The summed E-state index contributed by atoms with van der Waals surface area (Å²) < 4.78 is 0. The maximum absolute atomic E-state index is 11.8. The minimum absolute atomic E-state index is 0. The fraction of sp³-hybridized carbons (Fsp3) is 0.524. The molecule has 0 saturated carbocycles. The van der Waals surface area contributed by atoms with Crippen molar-refractivity contribution in [2.45, 2.75) is 25.8 Å². The van der Waals surface area contributed by atoms with E-state index in [9.17, 15) is 4.79 Å². The molecule has 1 aromatic rings. The van der Waals surface area contributed by atoms with Gasteiger partial charge in [-0.05, 0) is 37.0 Å². The van der Waals surface area contributed by atoms with Crippen LogP contribution in [-0.2, 0) is 11.3 Å². The van der Waals surface area contributed by atoms with Crippen molar-refractivity contribution in [3.8, 4) is 0 Å². The molecule has 7 heteroatoms. The Morgan fingerprint density at radius 3 is 2.39 bits per heavy atom. The summed E-state index contributed by atoms with van der Waals surface area (Å²) in [6.07, 6.45) is 5.69. The Hall–Kier alpha value is -1.77. The number of nitrogens with zero attached hydrogens (tertiary/aromatic N) is 4. The molecule has 0 aromatic heterocycles. The number of carbonyl (C=O) groups is 1. The maximum Gasteiger partial charge on any atom is 0.243 e. The predicted molar refractivity (Wildman–Crippen MR) is 129 cm³/mol. The van der Waals surface area contributed by atoms with Crippen molar-refractivity contribution in [3.63, 3.8) is 0 Å². The van der Waals surface area contributed by atoms with Crippen molar-refractivity contribution in [2.24, 2.45) is 4.99 Å². The van der Waals surface area contributed by atoms with E-state index in [2.05, 4.69) is 46.1 Å². The fourth-order valence-electron chi connectivity index (χ4n) is 3.07. The van der Waals surface area contributed by atoms with Crippen molar-refractivity contribution >= 4 is 41.5 Å². The summed E-state index contributed by atoms with van der Waals surface area (Å²) in [5.41, 5.74) is 2.52. The first-order valence-corrected chi connectivity index (χ1v) is 9.65. The summed E-state index contributed by atoms with van der Waals surface area (Å²) in [5.74, 6) is 0.678. The predicted octanol–water partition coefficient (Wildman–Crippen LogP) is 2.95. The molecular formula is C21H34IN5O. The van der Waals surface area contributed by atoms with Crippen molar-refractivity contribution in [3.05, 3.63) is 42.5 Å². The van der Waals surface area contributed by atoms with E-state index in [4.69, 9.17) is 0 Å². The normalized spacial score (nSPS) is 14.1. The molecular weight excluding hydrogens is 465 g/mol. The van der Waals surface area contributed by atoms with Crippen molar-refractivity contribution in [1.82, 2.24) is 15.1 Å². The second kappa shape index (κ2) is 12.6. The van der Waals surface area contributed by atoms with Gasteiger partial charge < -0.3 is 20.0 Å². The lowest BCUT2D eigenvalue weighted by Crippen LogP contribution is -2.39. The molecule has 0 atom stereocenters. The van der Waals surface area contributed by atoms with Crippen molar-refractivity contribution < 1.29 is 4.79 Å². The highest BCUT2D eigenvalue weighted by atomic mass is 127. The average molecular weight is 499 g/mol. The van der Waals surface area contributed by atoms with Gasteiger partial charge in [0.1, 0.15) is 6.54 Å². The van der Waals surface area contributed by atoms with E-state index >= 15 is 0 Å². The van der Waals surface area contributed by atoms with Gasteiger partial charge in [-0.15, -0.1) is 30.6 Å². The first kappa shape index (κ1) is 24.3. The summed E-state index contributed by atoms with van der Waals surface area (Å²) in [6, 6.07) is 8.77. The van der Waals surface area contributed by atoms with E-state index in [0.717, 1.165) is 19.6 Å². The van der Waals surface area contributed by atoms with Gasteiger partial charge in [-0.2, -0.15) is 0 Å². The number of nitrogens with one attached hydrogen (secondary N) is 1. The number of guanidine groups is 1. The second-order valence-electron chi connectivity index (χ2n) is 7.17. The Labute approximate surface area is 186 Å². The number of likely N-dealkylation sites (N-methyl/N-ethyl adjacent to an activating group) is 1. The molecule has 0 aliphatic carbocycles. The van der Waals surface area contributed by atoms with E-state index in [0.29, 0.717) is 12.5 Å². The molecule has 1 saturated heterocycles. The molecule has 1 aromatic carbocycles. The van der Waals surface area contributed by atoms with Gasteiger partial charge in [0.15, 0.2) is 5.96 Å². The Morgan fingerprint density at radius 2 is 1.82 bits per heavy atom. The minimum Gasteiger partial charge on any atom is -0.372 e. The molecule has 6 nitrogen and oxygen atoms in total. The van der Waals surface area contributed by atoms with E-state index in [1.165, 1.54) is 30.5 Å². The smallest absolute Gasteiger partial charge is 0.243 e. The molecule has 1 fully saturated rings. The largest absolute Gasteiger partial charge is 0.372 e. The van der Waals surface area contributed by atoms with Crippen LogP contribution in [0.2, 0.25) is 0 Å². The number of piperidine rings is 1. The van der Waals surface area contributed by atoms with E-state index in [1.54, 1.807) is 25.1 Å². The third kappa shape index (κ3) is 7.69. The van der Waals surface area contributed by atoms with Crippen molar-refractivity contribution in [2.75, 3.05) is 52.2 Å². The molecule has 28 heavy (non-hydrogen) atoms. The molecule has 0 unspecified atom stereocenters. The Bertz CT molecular complexity index is 639. The monoisotopic (exact) mass is 499 g/mol. The standard InChI is InChI=1S/C21H33N5O.HI/c1-5-13-22-21(23-16-20(27)24(2)3)25(4)17-18-9-11-19(12-10-18)26-14-7-6-8-15-26;/h5,9-12H,1,6-8,13-17H2,2-4H3,(H,22,23);1H. The van der Waals surface area contributed by atoms with Gasteiger partial charge in [-0.25, -0.2) is 4.99 Å². The van der Waals surface area contributed by atoms with Crippen LogP contribution in [0.25, 0.3) is 0 Å². The Balaban J connectivity index is 0.00000392. The number of hydrogen-bond donors (Lipinski definition) is 1. The van der Waals surface area contributed by atoms with Crippen LogP contribution in [0.15, 0.2) is 41.9 Å². The van der Waals surface area contributed by atoms with Crippen LogP contribution in [0, 0.1) is 0 Å². The van der Waals surface area contributed by atoms with E-state index in [-0.39, 0.29) is 36.4 Å². The van der Waals surface area contributed by atoms with Gasteiger partial charge in [0.2, 0.25) is 5.91 Å². The quantitative estimate of drug-likeness (QED) is 0.271. The number of aliphatic imine (C=N–C) groups is 1. The minimum atomic E-state index is -0.0211. The number of benzene rings is 1. The lowest BCUT2D eigenvalue weighted by molar-refractivity contribution is -0.127. The number of halogens is 1. The lowest BCUT2D eigenvalue weighted by Gasteiger charge is -2.29. The SMILES string of the molecule is C=CCNC(=NCC(=O)N(C)C)N(C)Cc1ccc(N2CCCCC2)cc1.I. The van der Waals surface area contributed by atoms with Gasteiger partial charge in [0.25, 0.3) is 0 Å². The number of rotatable bonds is 7. The van der Waals surface area contributed by atoms with Crippen LogP contribution in [0.4, 0.5) is 5.69 Å². The number of amides is 1. The third-order valence-electron chi connectivity index (χ3n) is 4.71. The molecule has 0 spiro atoms. The summed E-state index contributed by atoms with van der Waals surface area (Å²) in [7, 11) is 5.46. The third-order valence-corrected chi connectivity index (χ3v) is 4.71. The van der Waals surface area contributed by atoms with Crippen LogP contribution < -0.4 is 10.2 Å². The molecule has 1 aliphatic heterocycles. The summed E-state index contributed by atoms with van der Waals surface area (Å²) in [6.45, 7) is 7.50. The van der Waals surface area contributed by atoms with Gasteiger partial charge >= 0.3 is 0 Å². The number of carbonyl (C=O) groups excluding carboxylic acids is 1. The zero-order valence-electron chi connectivity index (χ0n) is 17.4. The zero-order chi connectivity index (χ0) is 19.6. The molecule has 1 heterocycles. The van der Waals surface area contributed by atoms with Crippen LogP contribution in [-0.4, -0.2) is 69.0 Å². The summed E-state index contributed by atoms with van der Waals surface area (Å²) >= 11 is 0. The molecule has 156 valence electrons.